The minimum absolute atomic E-state index is 0.0283. The molecular formula is C12H13ClN4O3. The van der Waals surface area contributed by atoms with E-state index in [0.717, 1.165) is 6.42 Å². The Morgan fingerprint density at radius 2 is 2.30 bits per heavy atom. The van der Waals surface area contributed by atoms with Crippen molar-refractivity contribution in [3.63, 3.8) is 0 Å². The summed E-state index contributed by atoms with van der Waals surface area (Å²) in [5.74, 6) is 0.434. The van der Waals surface area contributed by atoms with Crippen molar-refractivity contribution in [3.05, 3.63) is 39.2 Å². The third kappa shape index (κ3) is 2.94. The quantitative estimate of drug-likeness (QED) is 0.671. The van der Waals surface area contributed by atoms with Gasteiger partial charge in [-0.15, -0.1) is 0 Å². The van der Waals surface area contributed by atoms with Crippen LogP contribution in [0.1, 0.15) is 19.2 Å². The topological polar surface area (TPSA) is 108 Å². The van der Waals surface area contributed by atoms with E-state index in [9.17, 15) is 10.1 Å². The molecule has 1 atom stereocenters. The number of hydrogen-bond acceptors (Lipinski definition) is 6. The van der Waals surface area contributed by atoms with Crippen LogP contribution in [-0.2, 0) is 6.42 Å². The molecule has 20 heavy (non-hydrogen) atoms. The lowest BCUT2D eigenvalue weighted by atomic mass is 10.1. The Labute approximate surface area is 119 Å². The number of nitrogens with zero attached hydrogens (tertiary/aromatic N) is 3. The van der Waals surface area contributed by atoms with Crippen LogP contribution in [0, 0.1) is 10.1 Å². The van der Waals surface area contributed by atoms with E-state index in [2.05, 4.69) is 10.1 Å². The predicted octanol–water partition coefficient (Wildman–Crippen LogP) is 2.58. The van der Waals surface area contributed by atoms with Crippen LogP contribution in [0.25, 0.3) is 11.5 Å². The zero-order chi connectivity index (χ0) is 14.7. The van der Waals surface area contributed by atoms with Crippen LogP contribution in [0.5, 0.6) is 0 Å². The van der Waals surface area contributed by atoms with E-state index in [0.29, 0.717) is 12.2 Å². The van der Waals surface area contributed by atoms with Crippen LogP contribution >= 0.6 is 11.6 Å². The Morgan fingerprint density at radius 1 is 1.55 bits per heavy atom. The molecule has 2 N–H and O–H groups in total. The fraction of sp³-hybridized carbons (Fsp3) is 0.333. The van der Waals surface area contributed by atoms with Crippen molar-refractivity contribution in [2.24, 2.45) is 5.73 Å². The first-order valence-corrected chi connectivity index (χ1v) is 6.42. The lowest BCUT2D eigenvalue weighted by Crippen LogP contribution is -2.21. The van der Waals surface area contributed by atoms with Gasteiger partial charge in [-0.2, -0.15) is 4.98 Å². The third-order valence-corrected chi connectivity index (χ3v) is 3.15. The van der Waals surface area contributed by atoms with Crippen LogP contribution in [0.3, 0.4) is 0 Å². The van der Waals surface area contributed by atoms with Crippen molar-refractivity contribution in [1.82, 2.24) is 10.1 Å². The summed E-state index contributed by atoms with van der Waals surface area (Å²) in [6, 6.07) is 4.28. The van der Waals surface area contributed by atoms with Gasteiger partial charge in [-0.3, -0.25) is 10.1 Å². The Kier molecular flexibility index (Phi) is 4.31. The zero-order valence-corrected chi connectivity index (χ0v) is 11.5. The number of aromatic nitrogens is 2. The van der Waals surface area contributed by atoms with Gasteiger partial charge in [0, 0.05) is 18.5 Å². The highest BCUT2D eigenvalue weighted by Crippen LogP contribution is 2.35. The Morgan fingerprint density at radius 3 is 2.95 bits per heavy atom. The summed E-state index contributed by atoms with van der Waals surface area (Å²) in [7, 11) is 0. The molecule has 0 radical (unpaired) electrons. The maximum Gasteiger partial charge on any atom is 0.283 e. The lowest BCUT2D eigenvalue weighted by Gasteiger charge is -2.02. The molecule has 0 saturated carbocycles. The number of nitrogens with two attached hydrogens (primary N) is 1. The molecular weight excluding hydrogens is 284 g/mol. The van der Waals surface area contributed by atoms with Gasteiger partial charge < -0.3 is 10.3 Å². The molecule has 0 aliphatic heterocycles. The molecule has 1 aromatic heterocycles. The van der Waals surface area contributed by atoms with Crippen molar-refractivity contribution >= 4 is 17.3 Å². The van der Waals surface area contributed by atoms with Crippen molar-refractivity contribution in [2.75, 3.05) is 0 Å². The monoisotopic (exact) mass is 296 g/mol. The molecule has 106 valence electrons. The van der Waals surface area contributed by atoms with E-state index in [4.69, 9.17) is 21.9 Å². The number of halogens is 1. The maximum absolute atomic E-state index is 11.0. The van der Waals surface area contributed by atoms with Gasteiger partial charge in [-0.05, 0) is 12.5 Å². The summed E-state index contributed by atoms with van der Waals surface area (Å²) in [6.07, 6.45) is 1.22. The molecule has 0 aliphatic carbocycles. The number of benzene rings is 1. The number of nitro benzene ring substituents is 1. The van der Waals surface area contributed by atoms with Crippen LogP contribution < -0.4 is 5.73 Å². The standard InChI is InChI=1S/C12H13ClN4O3/c1-2-7(14)6-10-15-12(20-16-10)11-8(13)4-3-5-9(11)17(18)19/h3-5,7H,2,6,14H2,1H3. The average molecular weight is 297 g/mol. The van der Waals surface area contributed by atoms with Gasteiger partial charge in [-0.25, -0.2) is 0 Å². The summed E-state index contributed by atoms with van der Waals surface area (Å²) in [5.41, 5.74) is 5.76. The van der Waals surface area contributed by atoms with Gasteiger partial charge in [0.05, 0.1) is 9.95 Å². The van der Waals surface area contributed by atoms with E-state index in [1.54, 1.807) is 0 Å². The first kappa shape index (κ1) is 14.4. The smallest absolute Gasteiger partial charge is 0.283 e. The SMILES string of the molecule is CCC(N)Cc1noc(-c2c(Cl)cccc2[N+](=O)[O-])n1. The highest BCUT2D eigenvalue weighted by Gasteiger charge is 2.23. The van der Waals surface area contributed by atoms with Crippen LogP contribution in [0.2, 0.25) is 5.02 Å². The molecule has 0 amide bonds. The summed E-state index contributed by atoms with van der Waals surface area (Å²) in [4.78, 5) is 14.6. The van der Waals surface area contributed by atoms with Crippen molar-refractivity contribution < 1.29 is 9.45 Å². The van der Waals surface area contributed by atoms with E-state index >= 15 is 0 Å². The summed E-state index contributed by atoms with van der Waals surface area (Å²) in [6.45, 7) is 1.95. The first-order valence-electron chi connectivity index (χ1n) is 6.04. The third-order valence-electron chi connectivity index (χ3n) is 2.84. The number of rotatable bonds is 5. The van der Waals surface area contributed by atoms with Crippen LogP contribution in [-0.4, -0.2) is 21.1 Å². The van der Waals surface area contributed by atoms with E-state index in [1.165, 1.54) is 18.2 Å². The number of hydrogen-bond donors (Lipinski definition) is 1. The summed E-state index contributed by atoms with van der Waals surface area (Å²) < 4.78 is 5.06. The molecule has 0 fully saturated rings. The Balaban J connectivity index is 2.40. The predicted molar refractivity (Wildman–Crippen MR) is 73.4 cm³/mol. The normalized spacial score (nSPS) is 12.3. The van der Waals surface area contributed by atoms with Crippen molar-refractivity contribution in [2.45, 2.75) is 25.8 Å². The fourth-order valence-electron chi connectivity index (χ4n) is 1.69. The highest BCUT2D eigenvalue weighted by atomic mass is 35.5. The summed E-state index contributed by atoms with van der Waals surface area (Å²) in [5, 5.41) is 15.0. The average Bonchev–Trinajstić information content (AvgIpc) is 2.86. The zero-order valence-electron chi connectivity index (χ0n) is 10.7. The van der Waals surface area contributed by atoms with E-state index < -0.39 is 4.92 Å². The first-order chi connectivity index (χ1) is 9.52. The molecule has 0 spiro atoms. The molecule has 0 bridgehead atoms. The van der Waals surface area contributed by atoms with E-state index in [1.807, 2.05) is 6.92 Å². The largest absolute Gasteiger partial charge is 0.334 e. The number of nitro groups is 1. The fourth-order valence-corrected chi connectivity index (χ4v) is 1.94. The van der Waals surface area contributed by atoms with Gasteiger partial charge in [0.15, 0.2) is 5.82 Å². The molecule has 8 heteroatoms. The van der Waals surface area contributed by atoms with Gasteiger partial charge in [0.1, 0.15) is 5.56 Å². The van der Waals surface area contributed by atoms with Crippen molar-refractivity contribution in [3.8, 4) is 11.5 Å². The van der Waals surface area contributed by atoms with Gasteiger partial charge in [-0.1, -0.05) is 29.7 Å². The lowest BCUT2D eigenvalue weighted by molar-refractivity contribution is -0.384. The molecule has 2 rings (SSSR count). The maximum atomic E-state index is 11.0. The van der Waals surface area contributed by atoms with Crippen molar-refractivity contribution in [1.29, 1.82) is 0 Å². The molecule has 2 aromatic rings. The molecule has 0 aliphatic rings. The van der Waals surface area contributed by atoms with E-state index in [-0.39, 0.29) is 28.2 Å². The molecule has 7 nitrogen and oxygen atoms in total. The minimum atomic E-state index is -0.539. The molecule has 1 unspecified atom stereocenters. The summed E-state index contributed by atoms with van der Waals surface area (Å²) >= 11 is 5.99. The second-order valence-corrected chi connectivity index (χ2v) is 4.69. The van der Waals surface area contributed by atoms with Crippen LogP contribution in [0.15, 0.2) is 22.7 Å². The molecule has 1 heterocycles. The highest BCUT2D eigenvalue weighted by molar-refractivity contribution is 6.33. The molecule has 0 saturated heterocycles. The van der Waals surface area contributed by atoms with Gasteiger partial charge in [0.25, 0.3) is 11.6 Å². The van der Waals surface area contributed by atoms with Gasteiger partial charge >= 0.3 is 0 Å². The Bertz CT molecular complexity index is 629. The van der Waals surface area contributed by atoms with Gasteiger partial charge in [0.2, 0.25) is 0 Å². The van der Waals surface area contributed by atoms with Crippen LogP contribution in [0.4, 0.5) is 5.69 Å². The molecule has 1 aromatic carbocycles. The second kappa shape index (κ2) is 5.98. The second-order valence-electron chi connectivity index (χ2n) is 4.28. The minimum Gasteiger partial charge on any atom is -0.334 e. The Hall–Kier alpha value is -1.99.